The van der Waals surface area contributed by atoms with Gasteiger partial charge in [-0.1, -0.05) is 17.5 Å². The molecule has 2 N–H and O–H groups in total. The minimum atomic E-state index is -1.41. The molecular weight excluding hydrogens is 491 g/mol. The zero-order valence-electron chi connectivity index (χ0n) is 19.3. The van der Waals surface area contributed by atoms with E-state index < -0.39 is 17.5 Å². The number of fused-ring (bicyclic) bond motifs is 1. The first-order chi connectivity index (χ1) is 17.0. The highest BCUT2D eigenvalue weighted by atomic mass is 35.5. The molecule has 2 aromatic heterocycles. The fourth-order valence-corrected chi connectivity index (χ4v) is 5.28. The van der Waals surface area contributed by atoms with Crippen LogP contribution in [0, 0.1) is 17.3 Å². The lowest BCUT2D eigenvalue weighted by Gasteiger charge is -2.40. The first-order valence-corrected chi connectivity index (χ1v) is 12.6. The van der Waals surface area contributed by atoms with E-state index in [1.54, 1.807) is 36.3 Å². The summed E-state index contributed by atoms with van der Waals surface area (Å²) in [6.07, 6.45) is 1.35. The van der Waals surface area contributed by atoms with Crippen LogP contribution in [0.2, 0.25) is 5.02 Å². The number of pyridine rings is 1. The number of likely N-dealkylation sites (tertiary alicyclic amines) is 1. The Morgan fingerprint density at radius 3 is 2.89 bits per heavy atom. The van der Waals surface area contributed by atoms with Gasteiger partial charge in [-0.25, -0.2) is 14.9 Å². The van der Waals surface area contributed by atoms with Gasteiger partial charge < -0.3 is 4.74 Å². The van der Waals surface area contributed by atoms with E-state index in [1.165, 1.54) is 17.5 Å². The van der Waals surface area contributed by atoms with Gasteiger partial charge in [0.15, 0.2) is 0 Å². The molecule has 1 aliphatic heterocycles. The number of carbonyl (C=O) groups is 1. The van der Waals surface area contributed by atoms with Crippen molar-refractivity contribution in [2.45, 2.75) is 31.9 Å². The van der Waals surface area contributed by atoms with Gasteiger partial charge in [-0.3, -0.25) is 19.9 Å². The monoisotopic (exact) mass is 516 g/mol. The molecule has 1 saturated heterocycles. The van der Waals surface area contributed by atoms with Crippen LogP contribution in [0.25, 0.3) is 10.9 Å². The number of methoxy groups -OCH3 is 1. The molecule has 10 heteroatoms. The van der Waals surface area contributed by atoms with Crippen LogP contribution in [0.3, 0.4) is 0 Å². The minimum absolute atomic E-state index is 0.0765. The normalized spacial score (nSPS) is 16.3. The molecule has 4 rings (SSSR count). The summed E-state index contributed by atoms with van der Waals surface area (Å²) in [7, 11) is 1.54. The van der Waals surface area contributed by atoms with Gasteiger partial charge in [-0.15, -0.1) is 11.3 Å². The maximum atomic E-state index is 15.7. The summed E-state index contributed by atoms with van der Waals surface area (Å²) >= 11 is 7.85. The van der Waals surface area contributed by atoms with Crippen molar-refractivity contribution in [2.75, 3.05) is 26.7 Å². The number of rotatable bonds is 7. The van der Waals surface area contributed by atoms with Crippen LogP contribution in [0.5, 0.6) is 5.75 Å². The average Bonchev–Trinajstić information content (AvgIpc) is 3.40. The molecule has 1 unspecified atom stereocenters. The van der Waals surface area contributed by atoms with Crippen molar-refractivity contribution in [3.8, 4) is 17.6 Å². The standard InChI is InChI=1S/C25H26ClFN4O3S/c1-34-18-4-5-22-19(13-18)23(20(26)14-28-22)21(27)6-7-25(24(32)30-33)8-11-31(12-9-25)10-2-3-17-15-35-16-29-17/h4-5,13-16,21,33H,6-12H2,1H3,(H,30,32). The third-order valence-corrected chi connectivity index (χ3v) is 7.49. The summed E-state index contributed by atoms with van der Waals surface area (Å²) in [6, 6.07) is 5.24. The Bertz CT molecular complexity index is 1240. The highest BCUT2D eigenvalue weighted by molar-refractivity contribution is 7.07. The molecule has 184 valence electrons. The predicted molar refractivity (Wildman–Crippen MR) is 133 cm³/mol. The number of hydrogen-bond donors (Lipinski definition) is 2. The number of amides is 1. The molecule has 1 atom stereocenters. The van der Waals surface area contributed by atoms with Gasteiger partial charge in [-0.05, 0) is 49.8 Å². The number of piperidine rings is 1. The summed E-state index contributed by atoms with van der Waals surface area (Å²) in [6.45, 7) is 1.79. The molecule has 7 nitrogen and oxygen atoms in total. The van der Waals surface area contributed by atoms with Crippen molar-refractivity contribution in [3.05, 3.63) is 51.6 Å². The zero-order valence-corrected chi connectivity index (χ0v) is 20.8. The summed E-state index contributed by atoms with van der Waals surface area (Å²) in [5.74, 6) is 6.24. The number of thiazole rings is 1. The second-order valence-electron chi connectivity index (χ2n) is 8.58. The fourth-order valence-electron chi connectivity index (χ4n) is 4.53. The number of nitrogens with one attached hydrogen (secondary N) is 1. The lowest BCUT2D eigenvalue weighted by atomic mass is 9.73. The Morgan fingerprint density at radius 2 is 2.20 bits per heavy atom. The van der Waals surface area contributed by atoms with Crippen LogP contribution in [0.15, 0.2) is 35.3 Å². The number of halogens is 2. The smallest absolute Gasteiger partial charge is 0.249 e. The van der Waals surface area contributed by atoms with E-state index in [0.717, 1.165) is 5.69 Å². The van der Waals surface area contributed by atoms with Crippen molar-refractivity contribution >= 4 is 39.7 Å². The van der Waals surface area contributed by atoms with Gasteiger partial charge in [0, 0.05) is 35.6 Å². The second kappa shape index (κ2) is 11.3. The van der Waals surface area contributed by atoms with Crippen LogP contribution in [0.4, 0.5) is 4.39 Å². The maximum absolute atomic E-state index is 15.7. The third-order valence-electron chi connectivity index (χ3n) is 6.61. The van der Waals surface area contributed by atoms with E-state index in [2.05, 4.69) is 26.7 Å². The highest BCUT2D eigenvalue weighted by Gasteiger charge is 2.41. The average molecular weight is 517 g/mol. The van der Waals surface area contributed by atoms with Gasteiger partial charge in [-0.2, -0.15) is 0 Å². The summed E-state index contributed by atoms with van der Waals surface area (Å²) in [5, 5.41) is 12.1. The molecule has 0 aliphatic carbocycles. The van der Waals surface area contributed by atoms with Gasteiger partial charge >= 0.3 is 0 Å². The number of carbonyl (C=O) groups excluding carboxylic acids is 1. The lowest BCUT2D eigenvalue weighted by molar-refractivity contribution is -0.143. The molecule has 0 radical (unpaired) electrons. The Balaban J connectivity index is 1.46. The Kier molecular flexibility index (Phi) is 8.19. The van der Waals surface area contributed by atoms with Gasteiger partial charge in [0.05, 0.1) is 35.1 Å². The largest absolute Gasteiger partial charge is 0.497 e. The Hall–Kier alpha value is -2.77. The zero-order chi connectivity index (χ0) is 24.8. The summed E-state index contributed by atoms with van der Waals surface area (Å²) in [4.78, 5) is 23.3. The third kappa shape index (κ3) is 5.73. The van der Waals surface area contributed by atoms with E-state index in [9.17, 15) is 10.0 Å². The van der Waals surface area contributed by atoms with E-state index in [0.29, 0.717) is 54.7 Å². The fraction of sp³-hybridized carbons (Fsp3) is 0.400. The van der Waals surface area contributed by atoms with Crippen LogP contribution < -0.4 is 10.2 Å². The lowest BCUT2D eigenvalue weighted by Crippen LogP contribution is -2.48. The summed E-state index contributed by atoms with van der Waals surface area (Å²) < 4.78 is 20.9. The van der Waals surface area contributed by atoms with Crippen LogP contribution in [-0.4, -0.2) is 52.7 Å². The van der Waals surface area contributed by atoms with Gasteiger partial charge in [0.2, 0.25) is 5.91 Å². The number of alkyl halides is 1. The van der Waals surface area contributed by atoms with E-state index >= 15 is 4.39 Å². The molecule has 0 bridgehead atoms. The van der Waals surface area contributed by atoms with Crippen LogP contribution >= 0.6 is 22.9 Å². The molecule has 0 spiro atoms. The molecule has 0 saturated carbocycles. The minimum Gasteiger partial charge on any atom is -0.497 e. The molecule has 1 amide bonds. The summed E-state index contributed by atoms with van der Waals surface area (Å²) in [5.41, 5.74) is 4.37. The second-order valence-corrected chi connectivity index (χ2v) is 9.71. The number of hydrogen-bond acceptors (Lipinski definition) is 7. The van der Waals surface area contributed by atoms with E-state index in [4.69, 9.17) is 16.3 Å². The predicted octanol–water partition coefficient (Wildman–Crippen LogP) is 4.78. The van der Waals surface area contributed by atoms with Crippen molar-refractivity contribution in [1.29, 1.82) is 0 Å². The van der Waals surface area contributed by atoms with Gasteiger partial charge in [0.25, 0.3) is 0 Å². The highest BCUT2D eigenvalue weighted by Crippen LogP contribution is 2.42. The first-order valence-electron chi connectivity index (χ1n) is 11.3. The molecule has 1 aliphatic rings. The number of nitrogens with zero attached hydrogens (tertiary/aromatic N) is 3. The first kappa shape index (κ1) is 25.3. The Labute approximate surface area is 212 Å². The topological polar surface area (TPSA) is 87.6 Å². The molecular formula is C25H26ClFN4O3S. The maximum Gasteiger partial charge on any atom is 0.249 e. The SMILES string of the molecule is COc1ccc2ncc(Cl)c(C(F)CCC3(C(=O)NO)CCN(CC#Cc4cscn4)CC3)c2c1. The quantitative estimate of drug-likeness (QED) is 0.267. The van der Waals surface area contributed by atoms with Crippen molar-refractivity contribution in [1.82, 2.24) is 20.3 Å². The molecule has 3 aromatic rings. The molecule has 35 heavy (non-hydrogen) atoms. The van der Waals surface area contributed by atoms with Crippen molar-refractivity contribution in [2.24, 2.45) is 5.41 Å². The molecule has 1 fully saturated rings. The van der Waals surface area contributed by atoms with Gasteiger partial charge in [0.1, 0.15) is 17.6 Å². The number of benzene rings is 1. The van der Waals surface area contributed by atoms with Crippen molar-refractivity contribution in [3.63, 3.8) is 0 Å². The Morgan fingerprint density at radius 1 is 1.40 bits per heavy atom. The van der Waals surface area contributed by atoms with E-state index in [-0.39, 0.29) is 17.9 Å². The molecule has 1 aromatic carbocycles. The number of aromatic nitrogens is 2. The van der Waals surface area contributed by atoms with E-state index in [1.807, 2.05) is 5.38 Å². The van der Waals surface area contributed by atoms with Crippen LogP contribution in [-0.2, 0) is 4.79 Å². The number of ether oxygens (including phenoxy) is 1. The van der Waals surface area contributed by atoms with Crippen LogP contribution in [0.1, 0.15) is 43.1 Å². The van der Waals surface area contributed by atoms with Crippen molar-refractivity contribution < 1.29 is 19.1 Å². The number of hydroxylamine groups is 1. The molecule has 3 heterocycles.